The summed E-state index contributed by atoms with van der Waals surface area (Å²) in [4.78, 5) is 28.7. The SMILES string of the molecule is CNC(=O)c1cccc(NC(=O)c2csc(-c3ccc(F)cc3)n2)c1C. The highest BCUT2D eigenvalue weighted by molar-refractivity contribution is 7.13. The van der Waals surface area contributed by atoms with E-state index in [9.17, 15) is 14.0 Å². The Labute approximate surface area is 153 Å². The van der Waals surface area contributed by atoms with Crippen molar-refractivity contribution >= 4 is 28.8 Å². The summed E-state index contributed by atoms with van der Waals surface area (Å²) in [5.41, 5.74) is 2.73. The van der Waals surface area contributed by atoms with Crippen LogP contribution in [0.2, 0.25) is 0 Å². The van der Waals surface area contributed by atoms with E-state index in [0.29, 0.717) is 21.8 Å². The van der Waals surface area contributed by atoms with Crippen LogP contribution in [0, 0.1) is 12.7 Å². The van der Waals surface area contributed by atoms with Gasteiger partial charge in [0.2, 0.25) is 0 Å². The number of benzene rings is 2. The number of anilines is 1. The lowest BCUT2D eigenvalue weighted by molar-refractivity contribution is 0.0960. The predicted octanol–water partition coefficient (Wildman–Crippen LogP) is 3.87. The molecule has 2 aromatic carbocycles. The number of rotatable bonds is 4. The first-order chi connectivity index (χ1) is 12.5. The van der Waals surface area contributed by atoms with Crippen molar-refractivity contribution in [3.8, 4) is 10.6 Å². The Balaban J connectivity index is 1.81. The lowest BCUT2D eigenvalue weighted by atomic mass is 10.1. The van der Waals surface area contributed by atoms with Gasteiger partial charge in [0.15, 0.2) is 0 Å². The molecule has 0 aliphatic rings. The number of amides is 2. The van der Waals surface area contributed by atoms with Gasteiger partial charge in [0, 0.05) is 29.2 Å². The molecule has 5 nitrogen and oxygen atoms in total. The van der Waals surface area contributed by atoms with Gasteiger partial charge in [0.05, 0.1) is 0 Å². The quantitative estimate of drug-likeness (QED) is 0.733. The summed E-state index contributed by atoms with van der Waals surface area (Å²) in [7, 11) is 1.55. The molecule has 132 valence electrons. The van der Waals surface area contributed by atoms with E-state index >= 15 is 0 Å². The zero-order chi connectivity index (χ0) is 18.7. The molecule has 7 heteroatoms. The Morgan fingerprint density at radius 3 is 2.50 bits per heavy atom. The molecule has 3 rings (SSSR count). The topological polar surface area (TPSA) is 71.1 Å². The average Bonchev–Trinajstić information content (AvgIpc) is 3.13. The van der Waals surface area contributed by atoms with Gasteiger partial charge in [0.25, 0.3) is 11.8 Å². The second kappa shape index (κ2) is 7.45. The molecule has 0 unspecified atom stereocenters. The average molecular weight is 369 g/mol. The van der Waals surface area contributed by atoms with Gasteiger partial charge in [-0.2, -0.15) is 0 Å². The van der Waals surface area contributed by atoms with Crippen LogP contribution in [0.5, 0.6) is 0 Å². The van der Waals surface area contributed by atoms with Crippen LogP contribution in [-0.4, -0.2) is 23.8 Å². The number of hydrogen-bond acceptors (Lipinski definition) is 4. The van der Waals surface area contributed by atoms with E-state index in [0.717, 1.165) is 5.56 Å². The molecule has 0 spiro atoms. The number of thiazole rings is 1. The first-order valence-electron chi connectivity index (χ1n) is 7.84. The van der Waals surface area contributed by atoms with Crippen molar-refractivity contribution in [3.05, 3.63) is 70.5 Å². The van der Waals surface area contributed by atoms with Crippen LogP contribution in [-0.2, 0) is 0 Å². The summed E-state index contributed by atoms with van der Waals surface area (Å²) in [6, 6.07) is 11.1. The Hall–Kier alpha value is -3.06. The zero-order valence-electron chi connectivity index (χ0n) is 14.2. The molecule has 0 fully saturated rings. The van der Waals surface area contributed by atoms with Crippen LogP contribution in [0.4, 0.5) is 10.1 Å². The smallest absolute Gasteiger partial charge is 0.275 e. The van der Waals surface area contributed by atoms with Crippen molar-refractivity contribution < 1.29 is 14.0 Å². The van der Waals surface area contributed by atoms with Crippen molar-refractivity contribution in [3.63, 3.8) is 0 Å². The van der Waals surface area contributed by atoms with Crippen LogP contribution in [0.3, 0.4) is 0 Å². The minimum atomic E-state index is -0.369. The molecule has 3 aromatic rings. The lowest BCUT2D eigenvalue weighted by Crippen LogP contribution is -2.20. The Morgan fingerprint density at radius 1 is 1.08 bits per heavy atom. The molecule has 2 N–H and O–H groups in total. The van der Waals surface area contributed by atoms with Gasteiger partial charge >= 0.3 is 0 Å². The number of aromatic nitrogens is 1. The number of halogens is 1. The number of nitrogens with one attached hydrogen (secondary N) is 2. The molecule has 0 aliphatic carbocycles. The lowest BCUT2D eigenvalue weighted by Gasteiger charge is -2.11. The molecule has 1 aromatic heterocycles. The second-order valence-corrected chi connectivity index (χ2v) is 6.41. The van der Waals surface area contributed by atoms with E-state index in [4.69, 9.17) is 0 Å². The highest BCUT2D eigenvalue weighted by atomic mass is 32.1. The summed E-state index contributed by atoms with van der Waals surface area (Å²) >= 11 is 1.30. The minimum Gasteiger partial charge on any atom is -0.355 e. The largest absolute Gasteiger partial charge is 0.355 e. The number of hydrogen-bond donors (Lipinski definition) is 2. The zero-order valence-corrected chi connectivity index (χ0v) is 15.0. The Morgan fingerprint density at radius 2 is 1.81 bits per heavy atom. The van der Waals surface area contributed by atoms with Crippen molar-refractivity contribution in [2.75, 3.05) is 12.4 Å². The fourth-order valence-electron chi connectivity index (χ4n) is 2.44. The summed E-state index contributed by atoms with van der Waals surface area (Å²) in [5, 5.41) is 7.63. The highest BCUT2D eigenvalue weighted by Crippen LogP contribution is 2.25. The van der Waals surface area contributed by atoms with E-state index < -0.39 is 0 Å². The molecule has 2 amide bonds. The summed E-state index contributed by atoms with van der Waals surface area (Å²) in [5.74, 6) is -0.910. The van der Waals surface area contributed by atoms with Crippen LogP contribution < -0.4 is 10.6 Å². The predicted molar refractivity (Wildman–Crippen MR) is 100 cm³/mol. The molecule has 0 atom stereocenters. The molecule has 1 heterocycles. The molecular weight excluding hydrogens is 353 g/mol. The second-order valence-electron chi connectivity index (χ2n) is 5.56. The van der Waals surface area contributed by atoms with E-state index in [1.165, 1.54) is 23.5 Å². The Bertz CT molecular complexity index is 967. The van der Waals surface area contributed by atoms with Crippen molar-refractivity contribution in [2.24, 2.45) is 0 Å². The molecule has 26 heavy (non-hydrogen) atoms. The summed E-state index contributed by atoms with van der Waals surface area (Å²) in [6.45, 7) is 1.77. The molecule has 0 saturated heterocycles. The van der Waals surface area contributed by atoms with Gasteiger partial charge < -0.3 is 10.6 Å². The van der Waals surface area contributed by atoms with Gasteiger partial charge in [-0.05, 0) is 48.9 Å². The normalized spacial score (nSPS) is 10.4. The summed E-state index contributed by atoms with van der Waals surface area (Å²) < 4.78 is 13.0. The first-order valence-corrected chi connectivity index (χ1v) is 8.72. The number of nitrogens with zero attached hydrogens (tertiary/aromatic N) is 1. The number of carbonyl (C=O) groups is 2. The van der Waals surface area contributed by atoms with E-state index in [-0.39, 0.29) is 23.3 Å². The Kier molecular flexibility index (Phi) is 5.09. The summed E-state index contributed by atoms with van der Waals surface area (Å²) in [6.07, 6.45) is 0. The van der Waals surface area contributed by atoms with E-state index in [1.54, 1.807) is 49.7 Å². The minimum absolute atomic E-state index is 0.217. The van der Waals surface area contributed by atoms with E-state index in [2.05, 4.69) is 15.6 Å². The molecular formula is C19H16FN3O2S. The molecule has 0 aliphatic heterocycles. The fourth-order valence-corrected chi connectivity index (χ4v) is 3.25. The van der Waals surface area contributed by atoms with E-state index in [1.807, 2.05) is 0 Å². The molecule has 0 radical (unpaired) electrons. The van der Waals surface area contributed by atoms with Gasteiger partial charge in [-0.15, -0.1) is 11.3 Å². The fraction of sp³-hybridized carbons (Fsp3) is 0.105. The molecule has 0 bridgehead atoms. The van der Waals surface area contributed by atoms with Crippen molar-refractivity contribution in [1.82, 2.24) is 10.3 Å². The third kappa shape index (κ3) is 3.62. The maximum atomic E-state index is 13.0. The van der Waals surface area contributed by atoms with Crippen LogP contribution in [0.1, 0.15) is 26.4 Å². The standard InChI is InChI=1S/C19H16FN3O2S/c1-11-14(17(24)21-2)4-3-5-15(11)22-18(25)16-10-26-19(23-16)12-6-8-13(20)9-7-12/h3-10H,1-2H3,(H,21,24)(H,22,25). The maximum Gasteiger partial charge on any atom is 0.275 e. The highest BCUT2D eigenvalue weighted by Gasteiger charge is 2.15. The molecule has 0 saturated carbocycles. The van der Waals surface area contributed by atoms with Gasteiger partial charge in [-0.3, -0.25) is 9.59 Å². The maximum absolute atomic E-state index is 13.0. The van der Waals surface area contributed by atoms with Crippen molar-refractivity contribution in [1.29, 1.82) is 0 Å². The van der Waals surface area contributed by atoms with Gasteiger partial charge in [-0.25, -0.2) is 9.37 Å². The first kappa shape index (κ1) is 17.8. The number of carbonyl (C=O) groups excluding carboxylic acids is 2. The van der Waals surface area contributed by atoms with Gasteiger partial charge in [0.1, 0.15) is 16.5 Å². The van der Waals surface area contributed by atoms with Gasteiger partial charge in [-0.1, -0.05) is 6.07 Å². The van der Waals surface area contributed by atoms with Crippen LogP contribution >= 0.6 is 11.3 Å². The third-order valence-electron chi connectivity index (χ3n) is 3.88. The van der Waals surface area contributed by atoms with Crippen LogP contribution in [0.25, 0.3) is 10.6 Å². The van der Waals surface area contributed by atoms with Crippen LogP contribution in [0.15, 0.2) is 47.8 Å². The third-order valence-corrected chi connectivity index (χ3v) is 4.77. The monoisotopic (exact) mass is 369 g/mol. The van der Waals surface area contributed by atoms with Crippen molar-refractivity contribution in [2.45, 2.75) is 6.92 Å².